The molecule has 5 N–H and O–H groups in total. The van der Waals surface area contributed by atoms with E-state index in [-0.39, 0.29) is 5.91 Å². The number of carbonyl (C=O) groups excluding carboxylic acids is 1. The van der Waals surface area contributed by atoms with Gasteiger partial charge in [0.05, 0.1) is 18.7 Å². The van der Waals surface area contributed by atoms with E-state index in [0.29, 0.717) is 5.71 Å². The maximum atomic E-state index is 11.6. The Morgan fingerprint density at radius 1 is 1.37 bits per heavy atom. The second kappa shape index (κ2) is 4.53. The molecule has 6 atom stereocenters. The number of hydrogen-bond donors (Lipinski definition) is 5. The third-order valence-electron chi connectivity index (χ3n) is 3.51. The molecule has 0 aromatic carbocycles. The van der Waals surface area contributed by atoms with Crippen molar-refractivity contribution in [2.24, 2.45) is 10.1 Å². The highest BCUT2D eigenvalue weighted by molar-refractivity contribution is 6.06. The lowest BCUT2D eigenvalue weighted by Crippen LogP contribution is -2.52. The predicted molar refractivity (Wildman–Crippen MR) is 62.5 cm³/mol. The van der Waals surface area contributed by atoms with Crippen molar-refractivity contribution in [2.45, 2.75) is 36.5 Å². The van der Waals surface area contributed by atoms with Crippen LogP contribution >= 0.6 is 0 Å². The summed E-state index contributed by atoms with van der Waals surface area (Å²) < 4.78 is 5.38. The number of carbonyl (C=O) groups is 1. The number of hydrazone groups is 1. The number of nitrogens with one attached hydrogen (secondary N) is 2. The third kappa shape index (κ3) is 1.82. The molecule has 3 heterocycles. The van der Waals surface area contributed by atoms with Gasteiger partial charge in [-0.2, -0.15) is 5.10 Å². The van der Waals surface area contributed by atoms with Crippen molar-refractivity contribution < 1.29 is 24.9 Å². The number of aliphatic imine (C=N–C) groups is 1. The quantitative estimate of drug-likeness (QED) is 0.351. The first-order valence-electron chi connectivity index (χ1n) is 5.91. The predicted octanol–water partition coefficient (Wildman–Crippen LogP) is -3.68. The lowest BCUT2D eigenvalue weighted by molar-refractivity contribution is -0.121. The van der Waals surface area contributed by atoms with E-state index < -0.39 is 43.1 Å². The zero-order valence-electron chi connectivity index (χ0n) is 9.80. The zero-order chi connectivity index (χ0) is 13.6. The van der Waals surface area contributed by atoms with Gasteiger partial charge in [0, 0.05) is 0 Å². The highest BCUT2D eigenvalue weighted by atomic mass is 16.6. The fourth-order valence-corrected chi connectivity index (χ4v) is 2.46. The van der Waals surface area contributed by atoms with E-state index in [1.165, 1.54) is 6.34 Å². The summed E-state index contributed by atoms with van der Waals surface area (Å²) in [7, 11) is 0. The largest absolute Gasteiger partial charge is 0.394 e. The Bertz CT molecular complexity index is 453. The molecule has 2 unspecified atom stereocenters. The van der Waals surface area contributed by atoms with Gasteiger partial charge < -0.3 is 25.4 Å². The number of aliphatic hydroxyl groups is 3. The van der Waals surface area contributed by atoms with E-state index in [0.717, 1.165) is 0 Å². The topological polar surface area (TPSA) is 136 Å². The number of aliphatic hydroxyl groups excluding tert-OH is 3. The van der Waals surface area contributed by atoms with Gasteiger partial charge in [-0.3, -0.25) is 15.2 Å². The van der Waals surface area contributed by atoms with Crippen LogP contribution in [-0.4, -0.2) is 76.4 Å². The number of fused-ring (bicyclic) bond motifs is 1. The van der Waals surface area contributed by atoms with Crippen LogP contribution in [0.5, 0.6) is 0 Å². The van der Waals surface area contributed by atoms with Gasteiger partial charge in [0.15, 0.2) is 6.04 Å². The smallest absolute Gasteiger partial charge is 0.251 e. The lowest BCUT2D eigenvalue weighted by Gasteiger charge is -2.22. The van der Waals surface area contributed by atoms with E-state index in [4.69, 9.17) is 9.84 Å². The Morgan fingerprint density at radius 3 is 2.84 bits per heavy atom. The Labute approximate surface area is 108 Å². The van der Waals surface area contributed by atoms with Crippen molar-refractivity contribution in [1.29, 1.82) is 0 Å². The standard InChI is InChI=1S/C10H14N4O5/c15-1-3-7(16)8(17)9(19-3)5-4-6(14-13-5)10(18)12-2-11-4/h2-4,6-9,14-17H,1H2,(H,11,12,18)/t3-,4?,6?,7-,8-,9+/m1/s1. The molecule has 9 heteroatoms. The first-order chi connectivity index (χ1) is 9.13. The average molecular weight is 270 g/mol. The fourth-order valence-electron chi connectivity index (χ4n) is 2.46. The molecule has 1 fully saturated rings. The lowest BCUT2D eigenvalue weighted by atomic mass is 9.96. The zero-order valence-corrected chi connectivity index (χ0v) is 9.80. The summed E-state index contributed by atoms with van der Waals surface area (Å²) in [6, 6.07) is -1.21. The minimum Gasteiger partial charge on any atom is -0.394 e. The highest BCUT2D eigenvalue weighted by Crippen LogP contribution is 2.26. The number of rotatable bonds is 2. The summed E-state index contributed by atoms with van der Waals surface area (Å²) in [4.78, 5) is 15.7. The molecule has 19 heavy (non-hydrogen) atoms. The van der Waals surface area contributed by atoms with Gasteiger partial charge in [-0.25, -0.2) is 0 Å². The van der Waals surface area contributed by atoms with Gasteiger partial charge in [-0.1, -0.05) is 0 Å². The van der Waals surface area contributed by atoms with Gasteiger partial charge in [-0.15, -0.1) is 0 Å². The Balaban J connectivity index is 1.82. The van der Waals surface area contributed by atoms with Crippen LogP contribution in [0.25, 0.3) is 0 Å². The molecule has 0 bridgehead atoms. The van der Waals surface area contributed by atoms with Crippen molar-refractivity contribution in [1.82, 2.24) is 10.7 Å². The van der Waals surface area contributed by atoms with Crippen molar-refractivity contribution >= 4 is 18.0 Å². The molecule has 0 saturated carbocycles. The molecule has 104 valence electrons. The van der Waals surface area contributed by atoms with Crippen LogP contribution in [0.2, 0.25) is 0 Å². The number of ether oxygens (including phenoxy) is 1. The van der Waals surface area contributed by atoms with E-state index in [1.54, 1.807) is 0 Å². The van der Waals surface area contributed by atoms with Crippen LogP contribution < -0.4 is 10.7 Å². The van der Waals surface area contributed by atoms with Crippen molar-refractivity contribution in [3.63, 3.8) is 0 Å². The van der Waals surface area contributed by atoms with Gasteiger partial charge in [-0.05, 0) is 0 Å². The van der Waals surface area contributed by atoms with Crippen LogP contribution in [0.15, 0.2) is 10.1 Å². The summed E-state index contributed by atoms with van der Waals surface area (Å²) in [5, 5.41) is 35.1. The Kier molecular flexibility index (Phi) is 2.97. The second-order valence-electron chi connectivity index (χ2n) is 4.63. The summed E-state index contributed by atoms with van der Waals surface area (Å²) in [6.45, 7) is -0.409. The van der Waals surface area contributed by atoms with Gasteiger partial charge in [0.1, 0.15) is 30.5 Å². The van der Waals surface area contributed by atoms with Crippen molar-refractivity contribution in [3.05, 3.63) is 0 Å². The van der Waals surface area contributed by atoms with E-state index in [9.17, 15) is 15.0 Å². The molecule has 0 radical (unpaired) electrons. The normalized spacial score (nSPS) is 44.6. The maximum absolute atomic E-state index is 11.6. The molecule has 0 aromatic heterocycles. The molecule has 9 nitrogen and oxygen atoms in total. The van der Waals surface area contributed by atoms with Gasteiger partial charge in [0.2, 0.25) is 0 Å². The minimum atomic E-state index is -1.21. The molecular formula is C10H14N4O5. The van der Waals surface area contributed by atoms with E-state index >= 15 is 0 Å². The SMILES string of the molecule is O=C1NC=NC2C([C@@H]3O[C@H](CO)[C@@H](O)[C@H]3O)=NNC12. The molecule has 1 saturated heterocycles. The van der Waals surface area contributed by atoms with Crippen molar-refractivity contribution in [2.75, 3.05) is 6.61 Å². The number of nitrogens with zero attached hydrogens (tertiary/aromatic N) is 2. The minimum absolute atomic E-state index is 0.273. The van der Waals surface area contributed by atoms with Crippen LogP contribution in [-0.2, 0) is 9.53 Å². The van der Waals surface area contributed by atoms with Gasteiger partial charge >= 0.3 is 0 Å². The summed E-state index contributed by atoms with van der Waals surface area (Å²) >= 11 is 0. The molecule has 0 aromatic rings. The van der Waals surface area contributed by atoms with Crippen LogP contribution in [0.3, 0.4) is 0 Å². The fraction of sp³-hybridized carbons (Fsp3) is 0.700. The maximum Gasteiger partial charge on any atom is 0.251 e. The molecule has 3 aliphatic heterocycles. The van der Waals surface area contributed by atoms with E-state index in [1.807, 2.05) is 0 Å². The number of hydrogen-bond acceptors (Lipinski definition) is 8. The third-order valence-corrected chi connectivity index (χ3v) is 3.51. The summed E-state index contributed by atoms with van der Waals surface area (Å²) in [5.41, 5.74) is 2.98. The monoisotopic (exact) mass is 270 g/mol. The molecular weight excluding hydrogens is 256 g/mol. The molecule has 3 aliphatic rings. The van der Waals surface area contributed by atoms with E-state index in [2.05, 4.69) is 20.8 Å². The summed E-state index contributed by atoms with van der Waals surface area (Å²) in [5.74, 6) is -0.273. The molecule has 3 rings (SSSR count). The first-order valence-corrected chi connectivity index (χ1v) is 5.91. The van der Waals surface area contributed by atoms with Gasteiger partial charge in [0.25, 0.3) is 5.91 Å². The molecule has 1 amide bonds. The Hall–Kier alpha value is -1.55. The van der Waals surface area contributed by atoms with Crippen LogP contribution in [0.1, 0.15) is 0 Å². The van der Waals surface area contributed by atoms with Crippen LogP contribution in [0, 0.1) is 0 Å². The summed E-state index contributed by atoms with van der Waals surface area (Å²) in [6.07, 6.45) is -2.90. The average Bonchev–Trinajstić information content (AvgIpc) is 2.94. The molecule has 0 aliphatic carbocycles. The molecule has 0 spiro atoms. The second-order valence-corrected chi connectivity index (χ2v) is 4.63. The van der Waals surface area contributed by atoms with Crippen molar-refractivity contribution in [3.8, 4) is 0 Å². The highest BCUT2D eigenvalue weighted by Gasteiger charge is 2.50. The first kappa shape index (κ1) is 12.5. The Morgan fingerprint density at radius 2 is 2.16 bits per heavy atom. The number of amides is 1. The van der Waals surface area contributed by atoms with Crippen LogP contribution in [0.4, 0.5) is 0 Å².